The van der Waals surface area contributed by atoms with Crippen molar-refractivity contribution >= 4 is 13.1 Å². The third-order valence-electron chi connectivity index (χ3n) is 11.7. The maximum absolute atomic E-state index is 15.4. The van der Waals surface area contributed by atoms with E-state index in [2.05, 4.69) is 6.92 Å². The van der Waals surface area contributed by atoms with Gasteiger partial charge in [0, 0.05) is 17.3 Å². The molecule has 6 fully saturated rings. The van der Waals surface area contributed by atoms with Gasteiger partial charge in [-0.3, -0.25) is 0 Å². The fourth-order valence-electron chi connectivity index (χ4n) is 9.81. The summed E-state index contributed by atoms with van der Waals surface area (Å²) in [6, 6.07) is 19.7. The number of rotatable bonds is 8. The predicted octanol–water partition coefficient (Wildman–Crippen LogP) is 6.71. The molecule has 5 saturated carbocycles. The number of carbonyl (C=O) groups excluding carboxylic acids is 1. The van der Waals surface area contributed by atoms with Crippen molar-refractivity contribution in [2.75, 3.05) is 0 Å². The highest BCUT2D eigenvalue weighted by atomic mass is 19.2. The molecule has 0 radical (unpaired) electrons. The number of hydrogen-bond acceptors (Lipinski definition) is 5. The lowest BCUT2D eigenvalue weighted by atomic mass is 9.13. The van der Waals surface area contributed by atoms with Crippen LogP contribution in [0, 0.1) is 40.7 Å². The van der Waals surface area contributed by atoms with E-state index >= 15 is 8.78 Å². The Morgan fingerprint density at radius 3 is 2.43 bits per heavy atom. The molecule has 0 N–H and O–H groups in total. The van der Waals surface area contributed by atoms with E-state index < -0.39 is 30.3 Å². The number of carbonyl (C=O) groups is 1. The second-order valence-electron chi connectivity index (χ2n) is 13.4. The summed E-state index contributed by atoms with van der Waals surface area (Å²) in [6.45, 7) is 2.29. The molecule has 0 amide bonds. The first kappa shape index (κ1) is 25.3. The summed E-state index contributed by atoms with van der Waals surface area (Å²) in [5, 5.41) is 0. The zero-order valence-electron chi connectivity index (χ0n) is 23.3. The number of ether oxygens (including phenoxy) is 2. The Hall–Kier alpha value is -3.23. The van der Waals surface area contributed by atoms with Crippen molar-refractivity contribution < 1.29 is 32.4 Å². The molecule has 1 spiro atoms. The van der Waals surface area contributed by atoms with Crippen LogP contribution in [0.1, 0.15) is 59.2 Å². The maximum Gasteiger partial charge on any atom is 0.461 e. The molecule has 8 unspecified atom stereocenters. The lowest BCUT2D eigenvalue weighted by Gasteiger charge is -2.94. The van der Waals surface area contributed by atoms with Crippen LogP contribution in [0.2, 0.25) is 5.82 Å². The Bertz CT molecular complexity index is 1600. The van der Waals surface area contributed by atoms with Gasteiger partial charge in [0.2, 0.25) is 0 Å². The molecular formula is C34H31BF2O5. The predicted molar refractivity (Wildman–Crippen MR) is 150 cm³/mol. The molecule has 42 heavy (non-hydrogen) atoms. The van der Waals surface area contributed by atoms with Gasteiger partial charge in [0.15, 0.2) is 11.6 Å². The highest BCUT2D eigenvalue weighted by molar-refractivity contribution is 6.48. The Kier molecular flexibility index (Phi) is 5.22. The third kappa shape index (κ3) is 3.17. The van der Waals surface area contributed by atoms with E-state index in [1.165, 1.54) is 18.9 Å². The average Bonchev–Trinajstić information content (AvgIpc) is 3.77. The van der Waals surface area contributed by atoms with Gasteiger partial charge in [0.05, 0.1) is 11.7 Å². The Labute approximate surface area is 243 Å². The molecule has 3 aromatic rings. The smallest absolute Gasteiger partial charge is 0.461 e. The number of benzene rings is 3. The summed E-state index contributed by atoms with van der Waals surface area (Å²) < 4.78 is 55.5. The molecule has 9 atom stereocenters. The molecule has 5 aliphatic carbocycles. The summed E-state index contributed by atoms with van der Waals surface area (Å²) >= 11 is 0. The lowest BCUT2D eigenvalue weighted by Crippen LogP contribution is -2.97. The fraction of sp³-hybridized carbons (Fsp3) is 0.441. The van der Waals surface area contributed by atoms with E-state index in [0.717, 1.165) is 17.0 Å². The number of hydrogen-bond donors (Lipinski definition) is 0. The number of fused-ring (bicyclic) bond motifs is 2. The quantitative estimate of drug-likeness (QED) is 0.224. The largest absolute Gasteiger partial charge is 0.488 e. The highest BCUT2D eigenvalue weighted by Crippen LogP contribution is 2.92. The second-order valence-corrected chi connectivity index (χ2v) is 13.4. The minimum Gasteiger partial charge on any atom is -0.488 e. The van der Waals surface area contributed by atoms with Crippen molar-refractivity contribution in [2.24, 2.45) is 29.1 Å². The molecular weight excluding hydrogens is 537 g/mol. The minimum atomic E-state index is -1.26. The Morgan fingerprint density at radius 1 is 1.00 bits per heavy atom. The van der Waals surface area contributed by atoms with Crippen LogP contribution < -0.4 is 4.74 Å². The molecule has 6 aliphatic rings. The average molecular weight is 568 g/mol. The van der Waals surface area contributed by atoms with E-state index in [4.69, 9.17) is 18.8 Å². The Morgan fingerprint density at radius 2 is 1.71 bits per heavy atom. The first-order valence-corrected chi connectivity index (χ1v) is 15.1. The van der Waals surface area contributed by atoms with Crippen LogP contribution in [0.5, 0.6) is 5.75 Å². The first-order chi connectivity index (χ1) is 20.4. The molecule has 1 saturated heterocycles. The molecule has 0 bridgehead atoms. The maximum atomic E-state index is 15.4. The number of halogens is 2. The van der Waals surface area contributed by atoms with Crippen LogP contribution in [0.25, 0.3) is 0 Å². The summed E-state index contributed by atoms with van der Waals surface area (Å²) in [7, 11) is -0.400. The van der Waals surface area contributed by atoms with E-state index in [9.17, 15) is 4.79 Å². The van der Waals surface area contributed by atoms with Crippen molar-refractivity contribution in [3.05, 3.63) is 101 Å². The van der Waals surface area contributed by atoms with E-state index in [0.29, 0.717) is 35.2 Å². The summed E-state index contributed by atoms with van der Waals surface area (Å²) in [5.74, 6) is -0.834. The van der Waals surface area contributed by atoms with Crippen molar-refractivity contribution in [1.82, 2.24) is 0 Å². The van der Waals surface area contributed by atoms with Crippen LogP contribution >= 0.6 is 0 Å². The van der Waals surface area contributed by atoms with Gasteiger partial charge < -0.3 is 18.8 Å². The van der Waals surface area contributed by atoms with Crippen molar-refractivity contribution in [3.63, 3.8) is 0 Å². The van der Waals surface area contributed by atoms with Crippen molar-refractivity contribution in [1.29, 1.82) is 0 Å². The zero-order valence-corrected chi connectivity index (χ0v) is 23.3. The van der Waals surface area contributed by atoms with Crippen LogP contribution in [0.4, 0.5) is 8.78 Å². The Balaban J connectivity index is 1.02. The number of esters is 1. The summed E-state index contributed by atoms with van der Waals surface area (Å²) in [6.07, 6.45) is 3.45. The van der Waals surface area contributed by atoms with Crippen LogP contribution in [-0.2, 0) is 27.3 Å². The van der Waals surface area contributed by atoms with Gasteiger partial charge in [0.1, 0.15) is 24.5 Å². The van der Waals surface area contributed by atoms with Gasteiger partial charge in [-0.05, 0) is 72.5 Å². The molecule has 3 aromatic carbocycles. The highest BCUT2D eigenvalue weighted by Gasteiger charge is 2.94. The monoisotopic (exact) mass is 568 g/mol. The van der Waals surface area contributed by atoms with E-state index in [1.54, 1.807) is 12.1 Å². The summed E-state index contributed by atoms with van der Waals surface area (Å²) in [4.78, 5) is 13.3. The van der Waals surface area contributed by atoms with Crippen LogP contribution in [0.15, 0.2) is 66.7 Å². The van der Waals surface area contributed by atoms with Gasteiger partial charge in [0.25, 0.3) is 0 Å². The van der Waals surface area contributed by atoms with E-state index in [-0.39, 0.29) is 42.4 Å². The van der Waals surface area contributed by atoms with Gasteiger partial charge in [-0.2, -0.15) is 0 Å². The zero-order chi connectivity index (χ0) is 28.4. The lowest BCUT2D eigenvalue weighted by molar-refractivity contribution is -0.497. The minimum absolute atomic E-state index is 0.0218. The van der Waals surface area contributed by atoms with E-state index in [1.807, 2.05) is 48.5 Å². The molecule has 0 aromatic heterocycles. The van der Waals surface area contributed by atoms with Gasteiger partial charge in [-0.15, -0.1) is 0 Å². The van der Waals surface area contributed by atoms with Crippen LogP contribution in [0.3, 0.4) is 0 Å². The van der Waals surface area contributed by atoms with Crippen LogP contribution in [-0.4, -0.2) is 24.8 Å². The van der Waals surface area contributed by atoms with Gasteiger partial charge >= 0.3 is 13.1 Å². The second kappa shape index (κ2) is 8.67. The molecule has 8 heteroatoms. The molecule has 9 rings (SSSR count). The van der Waals surface area contributed by atoms with Crippen molar-refractivity contribution in [2.45, 2.75) is 62.8 Å². The van der Waals surface area contributed by atoms with Gasteiger partial charge in [-0.1, -0.05) is 60.7 Å². The first-order valence-electron chi connectivity index (χ1n) is 15.1. The topological polar surface area (TPSA) is 54.0 Å². The standard InChI is InChI=1S/C34H31BF2O5/c1-33-26-13-20-12-23-30(31(33)34(20,23)26)41-35(42-33)24-14-21(24)22-15-25(36)28(37)27(29(22)39-16-18-8-4-2-5-9-18)32(38)40-17-19-10-6-3-7-11-19/h2-11,15,20-21,23-24,26,30-31H,12-14,16-17H2,1H3/t20?,21?,23?,24?,26?,30?,31?,33-,34?/m0/s1. The third-order valence-corrected chi connectivity index (χ3v) is 11.7. The van der Waals surface area contributed by atoms with Gasteiger partial charge in [-0.25, -0.2) is 13.6 Å². The summed E-state index contributed by atoms with van der Waals surface area (Å²) in [5.41, 5.74) is 1.90. The molecule has 214 valence electrons. The SMILES string of the molecule is C[C@]12OB(C3CC3c3cc(F)c(F)c(C(=O)OCc4ccccc4)c3OCc3ccccc3)OC3C4CC5CC1C54C32. The fourth-order valence-corrected chi connectivity index (χ4v) is 9.81. The normalized spacial score (nSPS) is 37.6. The molecule has 1 heterocycles. The van der Waals surface area contributed by atoms with Crippen molar-refractivity contribution in [3.8, 4) is 5.75 Å². The molecule has 5 nitrogen and oxygen atoms in total. The molecule has 1 aliphatic heterocycles.